The quantitative estimate of drug-likeness (QED) is 0.606. The van der Waals surface area contributed by atoms with Gasteiger partial charge in [0.1, 0.15) is 6.61 Å². The van der Waals surface area contributed by atoms with Crippen LogP contribution in [0, 0.1) is 5.92 Å². The van der Waals surface area contributed by atoms with Gasteiger partial charge < -0.3 is 19.8 Å². The SMILES string of the molecule is O=C(O)CCC(=O)N(C1CC1)C1(O)c2ccccc2N(C(=O)OCc2ccccc2)C2CCC21. The van der Waals surface area contributed by atoms with Crippen molar-refractivity contribution in [3.63, 3.8) is 0 Å². The van der Waals surface area contributed by atoms with Crippen molar-refractivity contribution in [1.29, 1.82) is 0 Å². The van der Waals surface area contributed by atoms with Crippen molar-refractivity contribution in [3.8, 4) is 0 Å². The van der Waals surface area contributed by atoms with E-state index in [-0.39, 0.29) is 43.4 Å². The Morgan fingerprint density at radius 2 is 1.68 bits per heavy atom. The number of carbonyl (C=O) groups excluding carboxylic acids is 2. The highest BCUT2D eigenvalue weighted by atomic mass is 16.6. The maximum Gasteiger partial charge on any atom is 0.414 e. The molecule has 3 unspecified atom stereocenters. The lowest BCUT2D eigenvalue weighted by atomic mass is 9.65. The Bertz CT molecular complexity index is 1100. The molecule has 2 saturated carbocycles. The number of anilines is 1. The monoisotopic (exact) mass is 464 g/mol. The van der Waals surface area contributed by atoms with E-state index in [1.165, 1.54) is 4.90 Å². The predicted molar refractivity (Wildman–Crippen MR) is 123 cm³/mol. The Hall–Kier alpha value is -3.39. The fraction of sp³-hybridized carbons (Fsp3) is 0.423. The Morgan fingerprint density at radius 3 is 2.32 bits per heavy atom. The highest BCUT2D eigenvalue weighted by molar-refractivity contribution is 5.91. The number of nitrogens with zero attached hydrogens (tertiary/aromatic N) is 2. The fourth-order valence-electron chi connectivity index (χ4n) is 5.30. The highest BCUT2D eigenvalue weighted by Crippen LogP contribution is 2.56. The Labute approximate surface area is 197 Å². The van der Waals surface area contributed by atoms with Gasteiger partial charge in [0, 0.05) is 30.0 Å². The van der Waals surface area contributed by atoms with Crippen molar-refractivity contribution in [2.45, 2.75) is 62.9 Å². The van der Waals surface area contributed by atoms with Gasteiger partial charge in [-0.25, -0.2) is 4.79 Å². The normalized spacial score (nSPS) is 24.9. The second-order valence-electron chi connectivity index (χ2n) is 9.29. The zero-order valence-electron chi connectivity index (χ0n) is 18.8. The third kappa shape index (κ3) is 3.81. The van der Waals surface area contributed by atoms with Crippen molar-refractivity contribution in [2.75, 3.05) is 4.90 Å². The van der Waals surface area contributed by atoms with Gasteiger partial charge in [-0.2, -0.15) is 0 Å². The van der Waals surface area contributed by atoms with Crippen molar-refractivity contribution >= 4 is 23.7 Å². The van der Waals surface area contributed by atoms with E-state index in [1.807, 2.05) is 30.3 Å². The fourth-order valence-corrected chi connectivity index (χ4v) is 5.30. The Balaban J connectivity index is 1.47. The van der Waals surface area contributed by atoms with Crippen LogP contribution in [0.15, 0.2) is 54.6 Å². The maximum absolute atomic E-state index is 13.2. The van der Waals surface area contributed by atoms with Crippen LogP contribution in [0.2, 0.25) is 0 Å². The molecule has 0 bridgehead atoms. The molecule has 0 saturated heterocycles. The molecule has 8 nitrogen and oxygen atoms in total. The first kappa shape index (κ1) is 22.4. The van der Waals surface area contributed by atoms with Crippen LogP contribution < -0.4 is 4.90 Å². The highest BCUT2D eigenvalue weighted by Gasteiger charge is 2.62. The molecule has 2 aromatic carbocycles. The summed E-state index contributed by atoms with van der Waals surface area (Å²) < 4.78 is 5.64. The standard InChI is InChI=1S/C26H28N2O6/c29-23(14-15-24(30)31)28(18-10-11-18)26(33)19-8-4-5-9-21(19)27(22-13-12-20(22)26)25(32)34-16-17-6-2-1-3-7-17/h1-9,18,20,22,33H,10-16H2,(H,30,31). The topological polar surface area (TPSA) is 107 Å². The van der Waals surface area contributed by atoms with Gasteiger partial charge >= 0.3 is 12.1 Å². The number of ether oxygens (including phenoxy) is 1. The van der Waals surface area contributed by atoms with Gasteiger partial charge in [0.15, 0.2) is 5.72 Å². The smallest absolute Gasteiger partial charge is 0.414 e. The third-order valence-corrected chi connectivity index (χ3v) is 7.15. The van der Waals surface area contributed by atoms with Crippen LogP contribution in [0.5, 0.6) is 0 Å². The molecule has 1 aliphatic heterocycles. The van der Waals surface area contributed by atoms with Gasteiger partial charge in [-0.1, -0.05) is 48.5 Å². The van der Waals surface area contributed by atoms with Crippen LogP contribution in [0.3, 0.4) is 0 Å². The zero-order valence-corrected chi connectivity index (χ0v) is 18.8. The molecule has 0 radical (unpaired) electrons. The Morgan fingerprint density at radius 1 is 0.971 bits per heavy atom. The summed E-state index contributed by atoms with van der Waals surface area (Å²) >= 11 is 0. The average molecular weight is 465 g/mol. The van der Waals surface area contributed by atoms with Gasteiger partial charge in [-0.3, -0.25) is 14.5 Å². The first-order chi connectivity index (χ1) is 16.4. The lowest BCUT2D eigenvalue weighted by Gasteiger charge is -2.59. The van der Waals surface area contributed by atoms with E-state index in [0.717, 1.165) is 18.4 Å². The summed E-state index contributed by atoms with van der Waals surface area (Å²) in [5, 5.41) is 21.3. The minimum absolute atomic E-state index is 0.128. The van der Waals surface area contributed by atoms with Crippen LogP contribution in [-0.4, -0.2) is 45.2 Å². The zero-order chi connectivity index (χ0) is 23.9. The number of hydrogen-bond donors (Lipinski definition) is 2. The van der Waals surface area contributed by atoms with E-state index < -0.39 is 17.8 Å². The lowest BCUT2D eigenvalue weighted by molar-refractivity contribution is -0.200. The number of hydrogen-bond acceptors (Lipinski definition) is 5. The molecule has 2 aromatic rings. The van der Waals surface area contributed by atoms with E-state index in [0.29, 0.717) is 24.1 Å². The molecular weight excluding hydrogens is 436 g/mol. The molecule has 2 amide bonds. The summed E-state index contributed by atoms with van der Waals surface area (Å²) in [5.74, 6) is -1.79. The number of rotatable bonds is 7. The summed E-state index contributed by atoms with van der Waals surface area (Å²) in [6.07, 6.45) is 1.93. The third-order valence-electron chi connectivity index (χ3n) is 7.15. The van der Waals surface area contributed by atoms with Crippen molar-refractivity contribution < 1.29 is 29.3 Å². The number of carbonyl (C=O) groups is 3. The van der Waals surface area contributed by atoms with Crippen molar-refractivity contribution in [1.82, 2.24) is 4.90 Å². The van der Waals surface area contributed by atoms with Crippen molar-refractivity contribution in [3.05, 3.63) is 65.7 Å². The molecule has 5 rings (SSSR count). The van der Waals surface area contributed by atoms with Gasteiger partial charge in [0.2, 0.25) is 5.91 Å². The molecule has 3 atom stereocenters. The van der Waals surface area contributed by atoms with Crippen molar-refractivity contribution in [2.24, 2.45) is 5.92 Å². The van der Waals surface area contributed by atoms with Gasteiger partial charge in [-0.15, -0.1) is 0 Å². The number of aliphatic carboxylic acids is 1. The summed E-state index contributed by atoms with van der Waals surface area (Å²) in [6, 6.07) is 16.1. The molecule has 0 aromatic heterocycles. The van der Waals surface area contributed by atoms with Crippen LogP contribution in [0.25, 0.3) is 0 Å². The van der Waals surface area contributed by atoms with Gasteiger partial charge in [0.05, 0.1) is 12.1 Å². The summed E-state index contributed by atoms with van der Waals surface area (Å²) in [4.78, 5) is 40.6. The molecule has 1 heterocycles. The maximum atomic E-state index is 13.2. The van der Waals surface area contributed by atoms with Crippen LogP contribution in [-0.2, 0) is 26.7 Å². The predicted octanol–water partition coefficient (Wildman–Crippen LogP) is 3.62. The molecule has 0 spiro atoms. The lowest BCUT2D eigenvalue weighted by Crippen LogP contribution is -2.68. The Kier molecular flexibility index (Phi) is 5.77. The molecular formula is C26H28N2O6. The van der Waals surface area contributed by atoms with Gasteiger partial charge in [0.25, 0.3) is 0 Å². The number of carboxylic acid groups (broad SMARTS) is 1. The van der Waals surface area contributed by atoms with E-state index in [4.69, 9.17) is 9.84 Å². The molecule has 178 valence electrons. The van der Waals surface area contributed by atoms with E-state index in [1.54, 1.807) is 29.2 Å². The van der Waals surface area contributed by atoms with Gasteiger partial charge in [-0.05, 0) is 37.3 Å². The molecule has 2 aliphatic carbocycles. The van der Waals surface area contributed by atoms with E-state index in [2.05, 4.69) is 0 Å². The minimum atomic E-state index is -1.59. The molecule has 2 N–H and O–H groups in total. The first-order valence-electron chi connectivity index (χ1n) is 11.8. The number of aliphatic hydroxyl groups is 1. The second-order valence-corrected chi connectivity index (χ2v) is 9.29. The minimum Gasteiger partial charge on any atom is -0.481 e. The van der Waals surface area contributed by atoms with Crippen LogP contribution in [0.1, 0.15) is 49.7 Å². The first-order valence-corrected chi connectivity index (χ1v) is 11.8. The molecule has 34 heavy (non-hydrogen) atoms. The molecule has 8 heteroatoms. The van der Waals surface area contributed by atoms with Crippen LogP contribution in [0.4, 0.5) is 10.5 Å². The number of amides is 2. The number of carboxylic acids is 1. The average Bonchev–Trinajstić information content (AvgIpc) is 3.64. The van der Waals surface area contributed by atoms with E-state index >= 15 is 0 Å². The molecule has 3 aliphatic rings. The number of benzene rings is 2. The second kappa shape index (κ2) is 8.76. The molecule has 2 fully saturated rings. The number of fused-ring (bicyclic) bond motifs is 2. The number of para-hydroxylation sites is 1. The van der Waals surface area contributed by atoms with Crippen LogP contribution >= 0.6 is 0 Å². The summed E-state index contributed by atoms with van der Waals surface area (Å²) in [6.45, 7) is 0.141. The summed E-state index contributed by atoms with van der Waals surface area (Å²) in [5.41, 5.74) is 0.308. The summed E-state index contributed by atoms with van der Waals surface area (Å²) in [7, 11) is 0. The van der Waals surface area contributed by atoms with E-state index in [9.17, 15) is 19.5 Å². The largest absolute Gasteiger partial charge is 0.481 e.